The van der Waals surface area contributed by atoms with Crippen LogP contribution in [0, 0.1) is 6.92 Å². The highest BCUT2D eigenvalue weighted by Crippen LogP contribution is 2.43. The largest absolute Gasteiger partial charge is 0.342 e. The Hall–Kier alpha value is -4.89. The van der Waals surface area contributed by atoms with Gasteiger partial charge in [-0.15, -0.1) is 0 Å². The number of hydrogen-bond acceptors (Lipinski definition) is 0. The summed E-state index contributed by atoms with van der Waals surface area (Å²) in [5.74, 6) is 0. The van der Waals surface area contributed by atoms with Crippen LogP contribution in [0.5, 0.6) is 0 Å². The van der Waals surface area contributed by atoms with E-state index in [1.807, 2.05) is 0 Å². The first-order valence-corrected chi connectivity index (χ1v) is 15.2. The normalized spacial score (nSPS) is 12.4. The molecule has 0 saturated heterocycles. The van der Waals surface area contributed by atoms with Crippen molar-refractivity contribution in [1.29, 1.82) is 0 Å². The first-order valence-electron chi connectivity index (χ1n) is 15.2. The van der Waals surface area contributed by atoms with Crippen LogP contribution in [0.25, 0.3) is 71.3 Å². The quantitative estimate of drug-likeness (QED) is 0.188. The number of fused-ring (bicyclic) bond motifs is 7. The molecule has 210 valence electrons. The summed E-state index contributed by atoms with van der Waals surface area (Å²) in [6.07, 6.45) is 2.22. The summed E-state index contributed by atoms with van der Waals surface area (Å²) in [6, 6.07) is 38.0. The number of benzene rings is 5. The first kappa shape index (κ1) is 25.8. The van der Waals surface area contributed by atoms with Crippen LogP contribution in [0.4, 0.5) is 0 Å². The molecule has 3 heteroatoms. The van der Waals surface area contributed by atoms with Crippen molar-refractivity contribution in [2.45, 2.75) is 33.1 Å². The van der Waals surface area contributed by atoms with Crippen LogP contribution in [-0.4, -0.2) is 9.13 Å². The second kappa shape index (κ2) is 9.05. The van der Waals surface area contributed by atoms with E-state index < -0.39 is 0 Å². The zero-order valence-electron chi connectivity index (χ0n) is 25.7. The lowest BCUT2D eigenvalue weighted by molar-refractivity contribution is -0.659. The minimum absolute atomic E-state index is 0.0109. The Morgan fingerprint density at radius 1 is 0.628 bits per heavy atom. The molecule has 0 amide bonds. The van der Waals surface area contributed by atoms with Gasteiger partial charge in [0.25, 0.3) is 0 Å². The van der Waals surface area contributed by atoms with Crippen LogP contribution < -0.4 is 4.57 Å². The molecule has 43 heavy (non-hydrogen) atoms. The summed E-state index contributed by atoms with van der Waals surface area (Å²) in [5.41, 5.74) is 11.4. The van der Waals surface area contributed by atoms with Crippen LogP contribution in [0.3, 0.4) is 0 Å². The van der Waals surface area contributed by atoms with Gasteiger partial charge in [0.2, 0.25) is 5.69 Å². The molecule has 0 aliphatic rings. The van der Waals surface area contributed by atoms with E-state index in [0.717, 1.165) is 0 Å². The third-order valence-corrected chi connectivity index (χ3v) is 9.48. The lowest BCUT2D eigenvalue weighted by Crippen LogP contribution is -2.31. The molecule has 0 aliphatic heterocycles. The third-order valence-electron chi connectivity index (χ3n) is 9.48. The maximum Gasteiger partial charge on any atom is 0.222 e. The van der Waals surface area contributed by atoms with Crippen molar-refractivity contribution in [3.05, 3.63) is 120 Å². The molecule has 0 fully saturated rings. The van der Waals surface area contributed by atoms with Gasteiger partial charge in [0, 0.05) is 29.3 Å². The molecule has 0 unspecified atom stereocenters. The molecule has 3 nitrogen and oxygen atoms in total. The van der Waals surface area contributed by atoms with Crippen molar-refractivity contribution >= 4 is 54.4 Å². The minimum Gasteiger partial charge on any atom is -0.342 e. The molecule has 8 aromatic rings. The van der Waals surface area contributed by atoms with Gasteiger partial charge in [-0.3, -0.25) is 0 Å². The highest BCUT2D eigenvalue weighted by atomic mass is 15.0. The fourth-order valence-electron chi connectivity index (χ4n) is 7.46. The van der Waals surface area contributed by atoms with Crippen molar-refractivity contribution in [2.24, 2.45) is 14.1 Å². The zero-order chi connectivity index (χ0) is 29.6. The Balaban J connectivity index is 1.52. The van der Waals surface area contributed by atoms with E-state index in [0.29, 0.717) is 0 Å². The molecule has 0 saturated carbocycles. The van der Waals surface area contributed by atoms with Crippen molar-refractivity contribution in [2.75, 3.05) is 0 Å². The Morgan fingerprint density at radius 2 is 1.21 bits per heavy atom. The van der Waals surface area contributed by atoms with Crippen LogP contribution in [0.15, 0.2) is 109 Å². The van der Waals surface area contributed by atoms with E-state index in [9.17, 15) is 0 Å². The van der Waals surface area contributed by atoms with Crippen LogP contribution in [0.1, 0.15) is 31.9 Å². The molecule has 0 spiro atoms. The lowest BCUT2D eigenvalue weighted by atomic mass is 9.80. The Labute approximate surface area is 252 Å². The molecular weight excluding hydrogens is 522 g/mol. The molecular formula is C40H36N3+. The number of nitrogens with zero attached hydrogens (tertiary/aromatic N) is 3. The predicted molar refractivity (Wildman–Crippen MR) is 182 cm³/mol. The predicted octanol–water partition coefficient (Wildman–Crippen LogP) is 9.68. The van der Waals surface area contributed by atoms with E-state index in [1.54, 1.807) is 0 Å². The van der Waals surface area contributed by atoms with Gasteiger partial charge in [0.05, 0.1) is 38.7 Å². The standard InChI is InChI=1S/C40H36N3/c1-25-26-14-7-8-15-27(26)32(40(2,3)4)24-31(25)39-37-30-18-13-21-36(38(30)42(6)35(37)22-23-41(39)5)43-33-19-11-9-16-28(33)29-17-10-12-20-34(29)43/h7-24H,1-6H3/q+1. The number of pyridine rings is 1. The van der Waals surface area contributed by atoms with E-state index in [4.69, 9.17) is 0 Å². The van der Waals surface area contributed by atoms with Crippen LogP contribution in [-0.2, 0) is 19.5 Å². The average molecular weight is 559 g/mol. The highest BCUT2D eigenvalue weighted by molar-refractivity contribution is 6.17. The summed E-state index contributed by atoms with van der Waals surface area (Å²) >= 11 is 0. The molecule has 5 aromatic carbocycles. The maximum atomic E-state index is 2.46. The number of aryl methyl sites for hydroxylation is 3. The van der Waals surface area contributed by atoms with Crippen molar-refractivity contribution in [3.8, 4) is 16.9 Å². The summed E-state index contributed by atoms with van der Waals surface area (Å²) < 4.78 is 7.16. The van der Waals surface area contributed by atoms with Gasteiger partial charge in [0.1, 0.15) is 7.05 Å². The molecule has 8 rings (SSSR count). The maximum absolute atomic E-state index is 2.46. The molecule has 0 aliphatic carbocycles. The first-order chi connectivity index (χ1) is 20.8. The number of rotatable bonds is 2. The average Bonchev–Trinajstić information content (AvgIpc) is 3.49. The van der Waals surface area contributed by atoms with Gasteiger partial charge in [-0.1, -0.05) is 93.6 Å². The monoisotopic (exact) mass is 558 g/mol. The molecule has 0 radical (unpaired) electrons. The Bertz CT molecular complexity index is 2360. The fourth-order valence-corrected chi connectivity index (χ4v) is 7.46. The molecule has 0 bridgehead atoms. The summed E-state index contributed by atoms with van der Waals surface area (Å²) in [5, 5.41) is 7.80. The minimum atomic E-state index is 0.0109. The van der Waals surface area contributed by atoms with Crippen molar-refractivity contribution in [3.63, 3.8) is 0 Å². The second-order valence-electron chi connectivity index (χ2n) is 13.0. The van der Waals surface area contributed by atoms with E-state index in [1.165, 1.54) is 82.5 Å². The van der Waals surface area contributed by atoms with E-state index in [2.05, 4.69) is 165 Å². The zero-order valence-corrected chi connectivity index (χ0v) is 25.7. The fraction of sp³-hybridized carbons (Fsp3) is 0.175. The van der Waals surface area contributed by atoms with Gasteiger partial charge in [0.15, 0.2) is 6.20 Å². The number of aromatic nitrogens is 3. The number of para-hydroxylation sites is 3. The second-order valence-corrected chi connectivity index (χ2v) is 13.0. The van der Waals surface area contributed by atoms with Gasteiger partial charge < -0.3 is 9.13 Å². The summed E-state index contributed by atoms with van der Waals surface area (Å²) in [4.78, 5) is 0. The molecule has 0 N–H and O–H groups in total. The van der Waals surface area contributed by atoms with Crippen LogP contribution in [0.2, 0.25) is 0 Å². The van der Waals surface area contributed by atoms with Crippen LogP contribution >= 0.6 is 0 Å². The topological polar surface area (TPSA) is 13.7 Å². The van der Waals surface area contributed by atoms with Gasteiger partial charge in [-0.2, -0.15) is 0 Å². The molecule has 0 atom stereocenters. The number of hydrogen-bond donors (Lipinski definition) is 0. The third kappa shape index (κ3) is 3.58. The lowest BCUT2D eigenvalue weighted by Gasteiger charge is -2.24. The summed E-state index contributed by atoms with van der Waals surface area (Å²) in [7, 11) is 4.41. The highest BCUT2D eigenvalue weighted by Gasteiger charge is 2.28. The van der Waals surface area contributed by atoms with E-state index >= 15 is 0 Å². The molecule has 3 heterocycles. The van der Waals surface area contributed by atoms with Crippen molar-refractivity contribution < 1.29 is 4.57 Å². The summed E-state index contributed by atoms with van der Waals surface area (Å²) in [6.45, 7) is 9.26. The van der Waals surface area contributed by atoms with Gasteiger partial charge >= 0.3 is 0 Å². The Morgan fingerprint density at radius 3 is 1.86 bits per heavy atom. The van der Waals surface area contributed by atoms with Crippen molar-refractivity contribution in [1.82, 2.24) is 9.13 Å². The molecule has 3 aromatic heterocycles. The smallest absolute Gasteiger partial charge is 0.222 e. The van der Waals surface area contributed by atoms with Gasteiger partial charge in [-0.25, -0.2) is 4.57 Å². The van der Waals surface area contributed by atoms with E-state index in [-0.39, 0.29) is 5.41 Å². The van der Waals surface area contributed by atoms with Gasteiger partial charge in [-0.05, 0) is 58.5 Å². The SMILES string of the molecule is Cc1c(-c2c3c4cccc(-n5c6ccccc6c6ccccc65)c4n(C)c3cc[n+]2C)cc(C(C)(C)C)c2ccccc12. The Kier molecular flexibility index (Phi) is 5.43.